The fourth-order valence-electron chi connectivity index (χ4n) is 4.26. The van der Waals surface area contributed by atoms with Crippen LogP contribution in [0.2, 0.25) is 0 Å². The molecule has 4 amide bonds. The van der Waals surface area contributed by atoms with Gasteiger partial charge < -0.3 is 15.0 Å². The standard InChI is InChI=1S/C18H30N4O4/c1-4-21-10-9-20(12-18(21)7-11-26-13-18)14(23)6-5-8-22-15(24)17(2,3)19-16(22)25/h4-13H2,1-3H3,(H,19,25). The Hall–Kier alpha value is -1.67. The molecule has 1 unspecified atom stereocenters. The molecule has 146 valence electrons. The fraction of sp³-hybridized carbons (Fsp3) is 0.833. The molecule has 3 aliphatic rings. The first-order valence-electron chi connectivity index (χ1n) is 9.54. The SMILES string of the molecule is CCN1CCN(C(=O)CCCN2C(=O)NC(C)(C)C2=O)CC12CCOC2. The van der Waals surface area contributed by atoms with Crippen LogP contribution in [0.25, 0.3) is 0 Å². The highest BCUT2D eigenvalue weighted by atomic mass is 16.5. The lowest BCUT2D eigenvalue weighted by atomic mass is 9.92. The van der Waals surface area contributed by atoms with Gasteiger partial charge in [-0.2, -0.15) is 0 Å². The zero-order chi connectivity index (χ0) is 18.9. The van der Waals surface area contributed by atoms with Crippen LogP contribution < -0.4 is 5.32 Å². The lowest BCUT2D eigenvalue weighted by Crippen LogP contribution is -2.63. The van der Waals surface area contributed by atoms with Gasteiger partial charge in [-0.3, -0.25) is 19.4 Å². The molecule has 8 nitrogen and oxygen atoms in total. The van der Waals surface area contributed by atoms with Gasteiger partial charge in [0.1, 0.15) is 5.54 Å². The Bertz CT molecular complexity index is 586. The first-order chi connectivity index (χ1) is 12.3. The van der Waals surface area contributed by atoms with Crippen molar-refractivity contribution in [3.05, 3.63) is 0 Å². The molecular weight excluding hydrogens is 336 g/mol. The number of ether oxygens (including phenoxy) is 1. The number of carbonyl (C=O) groups excluding carboxylic acids is 3. The van der Waals surface area contributed by atoms with E-state index in [1.165, 1.54) is 4.90 Å². The van der Waals surface area contributed by atoms with Gasteiger partial charge in [-0.05, 0) is 33.2 Å². The molecule has 3 fully saturated rings. The summed E-state index contributed by atoms with van der Waals surface area (Å²) in [6, 6.07) is -0.369. The molecule has 8 heteroatoms. The summed E-state index contributed by atoms with van der Waals surface area (Å²) in [5.74, 6) is -0.132. The normalized spacial score (nSPS) is 28.9. The van der Waals surface area contributed by atoms with Gasteiger partial charge in [0.05, 0.1) is 12.1 Å². The number of carbonyl (C=O) groups is 3. The number of amides is 4. The Balaban J connectivity index is 1.51. The van der Waals surface area contributed by atoms with Crippen molar-refractivity contribution in [1.29, 1.82) is 0 Å². The summed E-state index contributed by atoms with van der Waals surface area (Å²) < 4.78 is 5.62. The van der Waals surface area contributed by atoms with E-state index in [9.17, 15) is 14.4 Å². The van der Waals surface area contributed by atoms with E-state index >= 15 is 0 Å². The molecule has 0 radical (unpaired) electrons. The third kappa shape index (κ3) is 3.44. The molecule has 0 bridgehead atoms. The van der Waals surface area contributed by atoms with Crippen LogP contribution in [0.3, 0.4) is 0 Å². The minimum absolute atomic E-state index is 0.0442. The maximum atomic E-state index is 12.7. The molecule has 3 aliphatic heterocycles. The molecule has 1 atom stereocenters. The van der Waals surface area contributed by atoms with Gasteiger partial charge in [-0.15, -0.1) is 0 Å². The average molecular weight is 366 g/mol. The third-order valence-electron chi connectivity index (χ3n) is 5.83. The van der Waals surface area contributed by atoms with E-state index in [-0.39, 0.29) is 29.9 Å². The summed E-state index contributed by atoms with van der Waals surface area (Å²) in [6.45, 7) is 10.5. The Morgan fingerprint density at radius 3 is 2.62 bits per heavy atom. The van der Waals surface area contributed by atoms with Crippen molar-refractivity contribution in [3.8, 4) is 0 Å². The largest absolute Gasteiger partial charge is 0.379 e. The number of rotatable bonds is 5. The molecule has 1 N–H and O–H groups in total. The number of likely N-dealkylation sites (N-methyl/N-ethyl adjacent to an activating group) is 1. The van der Waals surface area contributed by atoms with Crippen LogP contribution in [0, 0.1) is 0 Å². The Morgan fingerprint density at radius 2 is 2.04 bits per heavy atom. The summed E-state index contributed by atoms with van der Waals surface area (Å²) >= 11 is 0. The minimum atomic E-state index is -0.855. The van der Waals surface area contributed by atoms with E-state index in [1.54, 1.807) is 13.8 Å². The van der Waals surface area contributed by atoms with Crippen LogP contribution in [0.15, 0.2) is 0 Å². The van der Waals surface area contributed by atoms with Crippen LogP contribution in [0.4, 0.5) is 4.79 Å². The van der Waals surface area contributed by atoms with E-state index in [0.29, 0.717) is 26.0 Å². The molecule has 3 rings (SSSR count). The summed E-state index contributed by atoms with van der Waals surface area (Å²) in [5, 5.41) is 2.66. The summed E-state index contributed by atoms with van der Waals surface area (Å²) in [7, 11) is 0. The van der Waals surface area contributed by atoms with Crippen molar-refractivity contribution in [2.45, 2.75) is 51.1 Å². The maximum absolute atomic E-state index is 12.7. The Morgan fingerprint density at radius 1 is 1.27 bits per heavy atom. The number of nitrogens with one attached hydrogen (secondary N) is 1. The molecule has 0 saturated carbocycles. The fourth-order valence-corrected chi connectivity index (χ4v) is 4.26. The highest BCUT2D eigenvalue weighted by molar-refractivity contribution is 6.06. The van der Waals surface area contributed by atoms with Gasteiger partial charge in [-0.1, -0.05) is 6.92 Å². The second kappa shape index (κ2) is 7.15. The summed E-state index contributed by atoms with van der Waals surface area (Å²) in [5.41, 5.74) is -0.899. The molecule has 3 saturated heterocycles. The summed E-state index contributed by atoms with van der Waals surface area (Å²) in [6.07, 6.45) is 1.80. The minimum Gasteiger partial charge on any atom is -0.379 e. The third-order valence-corrected chi connectivity index (χ3v) is 5.83. The van der Waals surface area contributed by atoms with Crippen molar-refractivity contribution in [1.82, 2.24) is 20.0 Å². The maximum Gasteiger partial charge on any atom is 0.325 e. The number of hydrogen-bond donors (Lipinski definition) is 1. The number of hydrogen-bond acceptors (Lipinski definition) is 5. The van der Waals surface area contributed by atoms with Crippen molar-refractivity contribution in [2.24, 2.45) is 0 Å². The Kier molecular flexibility index (Phi) is 5.25. The van der Waals surface area contributed by atoms with Crippen LogP contribution in [0.5, 0.6) is 0 Å². The highest BCUT2D eigenvalue weighted by Gasteiger charge is 2.45. The molecule has 0 aromatic carbocycles. The van der Waals surface area contributed by atoms with E-state index in [2.05, 4.69) is 17.1 Å². The first kappa shape index (κ1) is 19.1. The lowest BCUT2D eigenvalue weighted by Gasteiger charge is -2.48. The lowest BCUT2D eigenvalue weighted by molar-refractivity contribution is -0.137. The van der Waals surface area contributed by atoms with Crippen molar-refractivity contribution in [3.63, 3.8) is 0 Å². The topological polar surface area (TPSA) is 82.2 Å². The molecule has 1 spiro atoms. The number of piperazine rings is 1. The van der Waals surface area contributed by atoms with Gasteiger partial charge in [0, 0.05) is 39.2 Å². The smallest absolute Gasteiger partial charge is 0.325 e. The Labute approximate surface area is 154 Å². The van der Waals surface area contributed by atoms with Gasteiger partial charge in [0.25, 0.3) is 5.91 Å². The summed E-state index contributed by atoms with van der Waals surface area (Å²) in [4.78, 5) is 42.3. The van der Waals surface area contributed by atoms with E-state index in [4.69, 9.17) is 4.74 Å². The number of urea groups is 1. The average Bonchev–Trinajstić information content (AvgIpc) is 3.12. The second-order valence-corrected chi connectivity index (χ2v) is 8.04. The molecule has 0 aromatic heterocycles. The predicted octanol–water partition coefficient (Wildman–Crippen LogP) is 0.420. The van der Waals surface area contributed by atoms with Crippen molar-refractivity contribution in [2.75, 3.05) is 45.9 Å². The number of imide groups is 1. The molecular formula is C18H30N4O4. The molecule has 0 aromatic rings. The predicted molar refractivity (Wildman–Crippen MR) is 95.6 cm³/mol. The van der Waals surface area contributed by atoms with Crippen molar-refractivity contribution >= 4 is 17.8 Å². The highest BCUT2D eigenvalue weighted by Crippen LogP contribution is 2.30. The van der Waals surface area contributed by atoms with Crippen LogP contribution in [0.1, 0.15) is 40.0 Å². The van der Waals surface area contributed by atoms with Crippen molar-refractivity contribution < 1.29 is 19.1 Å². The van der Waals surface area contributed by atoms with E-state index < -0.39 is 5.54 Å². The zero-order valence-electron chi connectivity index (χ0n) is 16.0. The van der Waals surface area contributed by atoms with Crippen LogP contribution in [-0.2, 0) is 14.3 Å². The van der Waals surface area contributed by atoms with Gasteiger partial charge in [0.2, 0.25) is 5.91 Å². The van der Waals surface area contributed by atoms with Crippen LogP contribution in [-0.4, -0.2) is 89.6 Å². The van der Waals surface area contributed by atoms with Gasteiger partial charge >= 0.3 is 6.03 Å². The molecule has 0 aliphatic carbocycles. The second-order valence-electron chi connectivity index (χ2n) is 8.04. The van der Waals surface area contributed by atoms with E-state index in [0.717, 1.165) is 32.7 Å². The van der Waals surface area contributed by atoms with Gasteiger partial charge in [-0.25, -0.2) is 4.79 Å². The monoisotopic (exact) mass is 366 g/mol. The van der Waals surface area contributed by atoms with Gasteiger partial charge in [0.15, 0.2) is 0 Å². The zero-order valence-corrected chi connectivity index (χ0v) is 16.0. The number of nitrogens with zero attached hydrogens (tertiary/aromatic N) is 3. The molecule has 26 heavy (non-hydrogen) atoms. The van der Waals surface area contributed by atoms with E-state index in [1.807, 2.05) is 4.90 Å². The molecule has 3 heterocycles. The van der Waals surface area contributed by atoms with Crippen LogP contribution >= 0.6 is 0 Å². The quantitative estimate of drug-likeness (QED) is 0.713. The first-order valence-corrected chi connectivity index (χ1v) is 9.54.